The molecule has 2 radical (unpaired) electrons. The molecule has 0 aromatic heterocycles. The fourth-order valence-electron chi connectivity index (χ4n) is 2.03. The maximum absolute atomic E-state index is 9.74. The van der Waals surface area contributed by atoms with Crippen molar-refractivity contribution in [2.45, 2.75) is 5.92 Å². The van der Waals surface area contributed by atoms with Crippen LogP contribution < -0.4 is 0 Å². The van der Waals surface area contributed by atoms with Gasteiger partial charge in [0.2, 0.25) is 0 Å². The maximum atomic E-state index is 9.74. The molecule has 1 nitrogen and oxygen atoms in total. The van der Waals surface area contributed by atoms with Crippen molar-refractivity contribution in [3.63, 3.8) is 0 Å². The van der Waals surface area contributed by atoms with Gasteiger partial charge in [-0.2, -0.15) is 0 Å². The number of aromatic hydroxyl groups is 1. The van der Waals surface area contributed by atoms with E-state index in [0.29, 0.717) is 5.75 Å². The Kier molecular flexibility index (Phi) is 1.78. The molecule has 0 aliphatic heterocycles. The van der Waals surface area contributed by atoms with E-state index in [9.17, 15) is 5.11 Å². The molecule has 1 atom stereocenters. The number of hydrogen-bond acceptors (Lipinski definition) is 1. The summed E-state index contributed by atoms with van der Waals surface area (Å²) in [6.07, 6.45) is 3.32. The van der Waals surface area contributed by atoms with Gasteiger partial charge in [0.1, 0.15) is 5.75 Å². The van der Waals surface area contributed by atoms with Gasteiger partial charge < -0.3 is 5.11 Å². The first-order valence-electron chi connectivity index (χ1n) is 4.99. The molecule has 0 fully saturated rings. The Balaban J connectivity index is 2.05. The van der Waals surface area contributed by atoms with Crippen LogP contribution in [-0.2, 0) is 0 Å². The lowest BCUT2D eigenvalue weighted by Crippen LogP contribution is -2.15. The molecule has 0 saturated carbocycles. The number of phenols is 1. The summed E-state index contributed by atoms with van der Waals surface area (Å²) in [6, 6.07) is 15.7. The highest BCUT2D eigenvalue weighted by Crippen LogP contribution is 2.46. The summed E-state index contributed by atoms with van der Waals surface area (Å²) in [5, 5.41) is 9.74. The number of benzene rings is 2. The number of hydrogen-bond donors (Lipinski definition) is 1. The fourth-order valence-corrected chi connectivity index (χ4v) is 2.03. The molecule has 1 aliphatic rings. The molecule has 1 heteroatoms. The van der Waals surface area contributed by atoms with Crippen molar-refractivity contribution in [1.29, 1.82) is 0 Å². The molecule has 1 aliphatic carbocycles. The minimum atomic E-state index is 0.141. The zero-order valence-electron chi connectivity index (χ0n) is 8.14. The van der Waals surface area contributed by atoms with Crippen molar-refractivity contribution in [3.05, 3.63) is 71.6 Å². The average molecular weight is 194 g/mol. The lowest BCUT2D eigenvalue weighted by atomic mass is 9.73. The average Bonchev–Trinajstić information content (AvgIpc) is 2.22. The van der Waals surface area contributed by atoms with Crippen LogP contribution in [0, 0.1) is 6.42 Å². The van der Waals surface area contributed by atoms with E-state index in [2.05, 4.69) is 18.6 Å². The summed E-state index contributed by atoms with van der Waals surface area (Å²) < 4.78 is 0. The van der Waals surface area contributed by atoms with Gasteiger partial charge >= 0.3 is 0 Å². The Bertz CT molecular complexity index is 474. The van der Waals surface area contributed by atoms with Crippen molar-refractivity contribution in [3.8, 4) is 5.75 Å². The number of rotatable bonds is 1. The Morgan fingerprint density at radius 1 is 0.933 bits per heavy atom. The second-order valence-electron chi connectivity index (χ2n) is 3.73. The van der Waals surface area contributed by atoms with Gasteiger partial charge in [-0.25, -0.2) is 0 Å². The minimum Gasteiger partial charge on any atom is -0.508 e. The van der Waals surface area contributed by atoms with E-state index in [1.54, 1.807) is 6.07 Å². The molecule has 0 heterocycles. The van der Waals surface area contributed by atoms with E-state index >= 15 is 0 Å². The predicted molar refractivity (Wildman–Crippen MR) is 58.7 cm³/mol. The molecule has 72 valence electrons. The molecule has 3 rings (SSSR count). The molecule has 1 N–H and O–H groups in total. The van der Waals surface area contributed by atoms with Crippen molar-refractivity contribution < 1.29 is 5.11 Å². The first-order chi connectivity index (χ1) is 7.36. The molecule has 2 aromatic carbocycles. The Morgan fingerprint density at radius 2 is 1.73 bits per heavy atom. The van der Waals surface area contributed by atoms with Crippen LogP contribution in [0.3, 0.4) is 0 Å². The standard InChI is InChI=1S/C14H10O/c15-13-8-4-7-11-9-12(14(11)13)10-5-2-1-3-6-10/h1-8,12,15H. The third-order valence-corrected chi connectivity index (χ3v) is 2.80. The topological polar surface area (TPSA) is 20.2 Å². The smallest absolute Gasteiger partial charge is 0.119 e. The molecule has 15 heavy (non-hydrogen) atoms. The number of phenolic OH excluding ortho intramolecular Hbond substituents is 1. The van der Waals surface area contributed by atoms with Gasteiger partial charge in [-0.3, -0.25) is 0 Å². The Labute approximate surface area is 89.0 Å². The molecule has 0 spiro atoms. The van der Waals surface area contributed by atoms with Crippen LogP contribution in [0.4, 0.5) is 0 Å². The lowest BCUT2D eigenvalue weighted by Gasteiger charge is -2.30. The molecule has 1 unspecified atom stereocenters. The van der Waals surface area contributed by atoms with Crippen molar-refractivity contribution in [2.24, 2.45) is 0 Å². The van der Waals surface area contributed by atoms with Crippen LogP contribution in [0.5, 0.6) is 5.75 Å². The quantitative estimate of drug-likeness (QED) is 0.740. The van der Waals surface area contributed by atoms with E-state index in [1.165, 1.54) is 5.56 Å². The first kappa shape index (κ1) is 8.54. The van der Waals surface area contributed by atoms with Crippen LogP contribution in [0.25, 0.3) is 0 Å². The van der Waals surface area contributed by atoms with Gasteiger partial charge in [-0.15, -0.1) is 0 Å². The molecule has 0 amide bonds. The summed E-state index contributed by atoms with van der Waals surface area (Å²) in [4.78, 5) is 0. The maximum Gasteiger partial charge on any atom is 0.119 e. The van der Waals surface area contributed by atoms with Gasteiger partial charge in [0.05, 0.1) is 0 Å². The van der Waals surface area contributed by atoms with Gasteiger partial charge in [-0.05, 0) is 17.2 Å². The van der Waals surface area contributed by atoms with Gasteiger partial charge in [-0.1, -0.05) is 42.5 Å². The summed E-state index contributed by atoms with van der Waals surface area (Å²) in [7, 11) is 0. The molecular formula is C14H10O. The van der Waals surface area contributed by atoms with Crippen molar-refractivity contribution >= 4 is 0 Å². The van der Waals surface area contributed by atoms with Crippen LogP contribution in [-0.4, -0.2) is 5.11 Å². The first-order valence-corrected chi connectivity index (χ1v) is 4.99. The van der Waals surface area contributed by atoms with Crippen LogP contribution >= 0.6 is 0 Å². The largest absolute Gasteiger partial charge is 0.508 e. The lowest BCUT2D eigenvalue weighted by molar-refractivity contribution is 0.462. The van der Waals surface area contributed by atoms with E-state index in [4.69, 9.17) is 0 Å². The third-order valence-electron chi connectivity index (χ3n) is 2.80. The van der Waals surface area contributed by atoms with Crippen LogP contribution in [0.2, 0.25) is 0 Å². The van der Waals surface area contributed by atoms with Crippen molar-refractivity contribution in [1.82, 2.24) is 0 Å². The van der Waals surface area contributed by atoms with E-state index < -0.39 is 0 Å². The third kappa shape index (κ3) is 1.23. The van der Waals surface area contributed by atoms with Gasteiger partial charge in [0.25, 0.3) is 0 Å². The monoisotopic (exact) mass is 194 g/mol. The summed E-state index contributed by atoms with van der Waals surface area (Å²) in [6.45, 7) is 0. The van der Waals surface area contributed by atoms with Gasteiger partial charge in [0, 0.05) is 17.9 Å². The molecule has 0 bridgehead atoms. The van der Waals surface area contributed by atoms with Crippen molar-refractivity contribution in [2.75, 3.05) is 0 Å². The van der Waals surface area contributed by atoms with Gasteiger partial charge in [0.15, 0.2) is 0 Å². The highest BCUT2D eigenvalue weighted by atomic mass is 16.3. The molecule has 2 aromatic rings. The second-order valence-corrected chi connectivity index (χ2v) is 3.73. The minimum absolute atomic E-state index is 0.141. The SMILES string of the molecule is Oc1cccc2c1C(c1ccccc1)[C]2. The highest BCUT2D eigenvalue weighted by molar-refractivity contribution is 5.60. The molecule has 0 saturated heterocycles. The zero-order chi connectivity index (χ0) is 10.3. The summed E-state index contributed by atoms with van der Waals surface area (Å²) >= 11 is 0. The van der Waals surface area contributed by atoms with Crippen LogP contribution in [0.15, 0.2) is 48.5 Å². The number of fused-ring (bicyclic) bond motifs is 1. The summed E-state index contributed by atoms with van der Waals surface area (Å²) in [5.41, 5.74) is 3.22. The zero-order valence-corrected chi connectivity index (χ0v) is 8.14. The highest BCUT2D eigenvalue weighted by Gasteiger charge is 2.30. The molecular weight excluding hydrogens is 184 g/mol. The second kappa shape index (κ2) is 3.13. The Hall–Kier alpha value is -1.76. The normalized spacial score (nSPS) is 18.0. The Morgan fingerprint density at radius 3 is 2.47 bits per heavy atom. The predicted octanol–water partition coefficient (Wildman–Crippen LogP) is 2.97. The summed E-state index contributed by atoms with van der Waals surface area (Å²) in [5.74, 6) is 0.516. The van der Waals surface area contributed by atoms with Crippen LogP contribution in [0.1, 0.15) is 22.6 Å². The van der Waals surface area contributed by atoms with E-state index in [-0.39, 0.29) is 5.92 Å². The van der Waals surface area contributed by atoms with E-state index in [0.717, 1.165) is 11.1 Å². The fraction of sp³-hybridized carbons (Fsp3) is 0.0714. The van der Waals surface area contributed by atoms with E-state index in [1.807, 2.05) is 30.3 Å².